The Bertz CT molecular complexity index is 949. The van der Waals surface area contributed by atoms with Gasteiger partial charge in [0.05, 0.1) is 36.6 Å². The normalized spacial score (nSPS) is 17.7. The molecule has 0 saturated carbocycles. The maximum absolute atomic E-state index is 13.0. The lowest BCUT2D eigenvalue weighted by Gasteiger charge is -2.27. The van der Waals surface area contributed by atoms with Crippen LogP contribution in [-0.2, 0) is 23.9 Å². The van der Waals surface area contributed by atoms with E-state index < -0.39 is 29.7 Å². The number of nitrogens with one attached hydrogen (secondary N) is 2. The molecule has 0 spiro atoms. The molecule has 1 saturated heterocycles. The fourth-order valence-corrected chi connectivity index (χ4v) is 3.90. The van der Waals surface area contributed by atoms with E-state index in [0.717, 1.165) is 17.7 Å². The Kier molecular flexibility index (Phi) is 9.25. The second-order valence-electron chi connectivity index (χ2n) is 8.05. The van der Waals surface area contributed by atoms with E-state index >= 15 is 0 Å². The van der Waals surface area contributed by atoms with Crippen molar-refractivity contribution in [3.05, 3.63) is 29.3 Å². The lowest BCUT2D eigenvalue weighted by Crippen LogP contribution is -2.54. The van der Waals surface area contributed by atoms with Crippen LogP contribution in [0.15, 0.2) is 18.2 Å². The number of nitrogens with zero attached hydrogens (tertiary/aromatic N) is 1. The molecule has 2 heterocycles. The molecule has 0 aromatic heterocycles. The van der Waals surface area contributed by atoms with Crippen molar-refractivity contribution in [2.45, 2.75) is 44.6 Å². The first kappa shape index (κ1) is 25.5. The molecule has 184 valence electrons. The number of amides is 5. The zero-order valence-corrected chi connectivity index (χ0v) is 19.0. The van der Waals surface area contributed by atoms with Gasteiger partial charge in [0, 0.05) is 26.0 Å². The number of anilines is 1. The molecule has 11 nitrogen and oxygen atoms in total. The van der Waals surface area contributed by atoms with E-state index in [9.17, 15) is 24.0 Å². The molecule has 34 heavy (non-hydrogen) atoms. The monoisotopic (exact) mass is 474 g/mol. The predicted octanol–water partition coefficient (Wildman–Crippen LogP) is 0.579. The smallest absolute Gasteiger partial charge is 0.264 e. The lowest BCUT2D eigenvalue weighted by molar-refractivity contribution is -0.136. The van der Waals surface area contributed by atoms with Crippen LogP contribution in [0.25, 0.3) is 0 Å². The molecule has 1 atom stereocenters. The van der Waals surface area contributed by atoms with Crippen molar-refractivity contribution in [2.24, 2.45) is 5.73 Å². The summed E-state index contributed by atoms with van der Waals surface area (Å²) < 4.78 is 10.7. The average molecular weight is 475 g/mol. The van der Waals surface area contributed by atoms with Crippen molar-refractivity contribution in [1.29, 1.82) is 0 Å². The number of hydrogen-bond acceptors (Lipinski definition) is 8. The highest BCUT2D eigenvalue weighted by molar-refractivity contribution is 6.26. The van der Waals surface area contributed by atoms with E-state index in [1.54, 1.807) is 12.1 Å². The third kappa shape index (κ3) is 6.25. The van der Waals surface area contributed by atoms with Gasteiger partial charge in [0.2, 0.25) is 17.7 Å². The Labute approximate surface area is 197 Å². The van der Waals surface area contributed by atoms with E-state index in [0.29, 0.717) is 39.4 Å². The average Bonchev–Trinajstić information content (AvgIpc) is 3.06. The number of carbonyl (C=O) groups excluding carboxylic acids is 5. The van der Waals surface area contributed by atoms with Gasteiger partial charge in [-0.05, 0) is 31.4 Å². The highest BCUT2D eigenvalue weighted by Gasteiger charge is 2.45. The van der Waals surface area contributed by atoms with Crippen LogP contribution in [0.2, 0.25) is 0 Å². The maximum Gasteiger partial charge on any atom is 0.264 e. The molecule has 2 aliphatic rings. The molecule has 1 fully saturated rings. The van der Waals surface area contributed by atoms with Crippen LogP contribution >= 0.6 is 0 Å². The van der Waals surface area contributed by atoms with Crippen LogP contribution in [0.5, 0.6) is 0 Å². The fourth-order valence-electron chi connectivity index (χ4n) is 3.90. The van der Waals surface area contributed by atoms with E-state index in [-0.39, 0.29) is 42.0 Å². The van der Waals surface area contributed by atoms with Gasteiger partial charge in [-0.1, -0.05) is 12.5 Å². The predicted molar refractivity (Wildman–Crippen MR) is 121 cm³/mol. The molecule has 2 aliphatic heterocycles. The topological polar surface area (TPSA) is 157 Å². The third-order valence-electron chi connectivity index (χ3n) is 5.57. The van der Waals surface area contributed by atoms with Gasteiger partial charge in [-0.15, -0.1) is 0 Å². The number of benzene rings is 1. The van der Waals surface area contributed by atoms with Gasteiger partial charge in [-0.25, -0.2) is 0 Å². The molecule has 0 radical (unpaired) electrons. The number of unbranched alkanes of at least 4 members (excludes halogenated alkanes) is 2. The van der Waals surface area contributed by atoms with Gasteiger partial charge in [-0.2, -0.15) is 0 Å². The maximum atomic E-state index is 13.0. The zero-order valence-electron chi connectivity index (χ0n) is 19.0. The fraction of sp³-hybridized carbons (Fsp3) is 0.522. The van der Waals surface area contributed by atoms with Crippen LogP contribution in [0.3, 0.4) is 0 Å². The number of hydrogen-bond donors (Lipinski definition) is 3. The van der Waals surface area contributed by atoms with Crippen molar-refractivity contribution in [2.75, 3.05) is 38.3 Å². The Morgan fingerprint density at radius 1 is 1.03 bits per heavy atom. The molecular weight excluding hydrogens is 444 g/mol. The van der Waals surface area contributed by atoms with Crippen LogP contribution in [-0.4, -0.2) is 73.4 Å². The molecule has 3 rings (SSSR count). The Morgan fingerprint density at radius 2 is 1.79 bits per heavy atom. The zero-order chi connectivity index (χ0) is 24.5. The summed E-state index contributed by atoms with van der Waals surface area (Å²) in [4.78, 5) is 62.8. The first-order valence-corrected chi connectivity index (χ1v) is 11.4. The SMILES string of the molecule is NCCOCCOCCCCCC(=O)Nc1cccc2c1C(=O)N(C1CCC(=O)NC1=O)C2=O. The van der Waals surface area contributed by atoms with Gasteiger partial charge in [-0.3, -0.25) is 34.2 Å². The van der Waals surface area contributed by atoms with E-state index in [2.05, 4.69) is 10.6 Å². The van der Waals surface area contributed by atoms with Crippen LogP contribution in [0.1, 0.15) is 59.2 Å². The number of imide groups is 2. The highest BCUT2D eigenvalue weighted by Crippen LogP contribution is 2.32. The Balaban J connectivity index is 1.48. The minimum Gasteiger partial charge on any atom is -0.379 e. The van der Waals surface area contributed by atoms with Crippen LogP contribution in [0, 0.1) is 0 Å². The van der Waals surface area contributed by atoms with Gasteiger partial charge in [0.15, 0.2) is 0 Å². The lowest BCUT2D eigenvalue weighted by atomic mass is 10.0. The number of nitrogens with two attached hydrogens (primary N) is 1. The minimum atomic E-state index is -1.05. The van der Waals surface area contributed by atoms with Crippen molar-refractivity contribution in [1.82, 2.24) is 10.2 Å². The van der Waals surface area contributed by atoms with Crippen molar-refractivity contribution >= 4 is 35.2 Å². The second kappa shape index (κ2) is 12.4. The minimum absolute atomic E-state index is 0.0422. The number of rotatable bonds is 13. The molecule has 11 heteroatoms. The van der Waals surface area contributed by atoms with E-state index in [4.69, 9.17) is 15.2 Å². The molecule has 1 aromatic carbocycles. The first-order valence-electron chi connectivity index (χ1n) is 11.4. The second-order valence-corrected chi connectivity index (χ2v) is 8.05. The summed E-state index contributed by atoms with van der Waals surface area (Å²) in [6.07, 6.45) is 2.61. The largest absolute Gasteiger partial charge is 0.379 e. The van der Waals surface area contributed by atoms with Crippen molar-refractivity contribution in [3.8, 4) is 0 Å². The van der Waals surface area contributed by atoms with Crippen molar-refractivity contribution < 1.29 is 33.4 Å². The molecule has 1 unspecified atom stereocenters. The number of piperidine rings is 1. The molecule has 5 amide bonds. The summed E-state index contributed by atoms with van der Waals surface area (Å²) in [5.41, 5.74) is 5.75. The molecule has 4 N–H and O–H groups in total. The quantitative estimate of drug-likeness (QED) is 0.277. The van der Waals surface area contributed by atoms with Gasteiger partial charge in [0.25, 0.3) is 11.8 Å². The summed E-state index contributed by atoms with van der Waals surface area (Å²) in [5, 5.41) is 4.87. The summed E-state index contributed by atoms with van der Waals surface area (Å²) in [5.74, 6) is -2.65. The molecule has 1 aromatic rings. The molecule has 0 aliphatic carbocycles. The molecular formula is C23H30N4O7. The van der Waals surface area contributed by atoms with Crippen molar-refractivity contribution in [3.63, 3.8) is 0 Å². The van der Waals surface area contributed by atoms with Crippen LogP contribution < -0.4 is 16.4 Å². The molecule has 0 bridgehead atoms. The Hall–Kier alpha value is -3.15. The van der Waals surface area contributed by atoms with E-state index in [1.807, 2.05) is 0 Å². The number of ether oxygens (including phenoxy) is 2. The summed E-state index contributed by atoms with van der Waals surface area (Å²) in [7, 11) is 0. The Morgan fingerprint density at radius 3 is 2.53 bits per heavy atom. The first-order chi connectivity index (χ1) is 16.4. The van der Waals surface area contributed by atoms with Gasteiger partial charge >= 0.3 is 0 Å². The number of carbonyl (C=O) groups is 5. The van der Waals surface area contributed by atoms with Gasteiger partial charge in [0.1, 0.15) is 6.04 Å². The van der Waals surface area contributed by atoms with E-state index in [1.165, 1.54) is 6.07 Å². The summed E-state index contributed by atoms with van der Waals surface area (Å²) in [6, 6.07) is 3.56. The highest BCUT2D eigenvalue weighted by atomic mass is 16.5. The standard InChI is InChI=1S/C23H30N4O7/c24-10-12-34-14-13-33-11-3-1-2-7-18(28)25-16-6-4-5-15-20(16)23(32)27(22(15)31)17-8-9-19(29)26-21(17)30/h4-6,17H,1-3,7-14,24H2,(H,25,28)(H,26,29,30). The third-order valence-corrected chi connectivity index (χ3v) is 5.57. The van der Waals surface area contributed by atoms with Crippen LogP contribution in [0.4, 0.5) is 5.69 Å². The number of fused-ring (bicyclic) bond motifs is 1. The summed E-state index contributed by atoms with van der Waals surface area (Å²) >= 11 is 0. The van der Waals surface area contributed by atoms with Gasteiger partial charge < -0.3 is 20.5 Å². The summed E-state index contributed by atoms with van der Waals surface area (Å²) in [6.45, 7) is 2.58.